The third-order valence-electron chi connectivity index (χ3n) is 2.99. The maximum absolute atomic E-state index is 5.81. The molecule has 1 saturated heterocycles. The molecule has 0 aromatic heterocycles. The molecule has 1 fully saturated rings. The fourth-order valence-electron chi connectivity index (χ4n) is 2.18. The first kappa shape index (κ1) is 9.55. The third kappa shape index (κ3) is 1.86. The second-order valence-electron chi connectivity index (χ2n) is 4.08. The van der Waals surface area contributed by atoms with Gasteiger partial charge in [0.15, 0.2) is 0 Å². The molecule has 2 nitrogen and oxygen atoms in total. The predicted molar refractivity (Wildman–Crippen MR) is 63.3 cm³/mol. The summed E-state index contributed by atoms with van der Waals surface area (Å²) < 4.78 is 5.81. The molecule has 0 spiro atoms. The summed E-state index contributed by atoms with van der Waals surface area (Å²) in [5.41, 5.74) is 1.27. The Labute approximate surface area is 94.4 Å². The average Bonchev–Trinajstić information content (AvgIpc) is 2.74. The molecule has 1 aromatic rings. The lowest BCUT2D eigenvalue weighted by atomic mass is 10.1. The van der Waals surface area contributed by atoms with E-state index in [0.717, 1.165) is 6.61 Å². The summed E-state index contributed by atoms with van der Waals surface area (Å²) in [5.74, 6) is 0. The number of hydrogen-bond acceptors (Lipinski definition) is 3. The van der Waals surface area contributed by atoms with Crippen LogP contribution >= 0.6 is 11.8 Å². The summed E-state index contributed by atoms with van der Waals surface area (Å²) in [6.07, 6.45) is 4.11. The van der Waals surface area contributed by atoms with Crippen LogP contribution < -0.4 is 5.32 Å². The molecule has 0 saturated carbocycles. The second-order valence-corrected chi connectivity index (χ2v) is 5.27. The van der Waals surface area contributed by atoms with Gasteiger partial charge in [-0.1, -0.05) is 23.9 Å². The Morgan fingerprint density at radius 1 is 1.27 bits per heavy atom. The second kappa shape index (κ2) is 4.06. The van der Waals surface area contributed by atoms with Crippen molar-refractivity contribution < 1.29 is 4.74 Å². The Hall–Kier alpha value is -0.670. The van der Waals surface area contributed by atoms with Gasteiger partial charge in [0.05, 0.1) is 6.10 Å². The molecular weight excluding hydrogens is 206 g/mol. The lowest BCUT2D eigenvalue weighted by molar-refractivity contribution is 0.0194. The van der Waals surface area contributed by atoms with Gasteiger partial charge in [-0.2, -0.15) is 0 Å². The van der Waals surface area contributed by atoms with Crippen LogP contribution in [0.1, 0.15) is 19.3 Å². The molecule has 2 heterocycles. The minimum absolute atomic E-state index is 0.385. The van der Waals surface area contributed by atoms with Crippen LogP contribution in [0, 0.1) is 0 Å². The molecule has 0 bridgehead atoms. The summed E-state index contributed by atoms with van der Waals surface area (Å²) in [4.78, 5) is 1.36. The van der Waals surface area contributed by atoms with Crippen LogP contribution in [0.5, 0.6) is 0 Å². The molecule has 2 aliphatic heterocycles. The van der Waals surface area contributed by atoms with E-state index in [1.54, 1.807) is 0 Å². The van der Waals surface area contributed by atoms with E-state index in [4.69, 9.17) is 4.74 Å². The zero-order chi connectivity index (χ0) is 10.1. The summed E-state index contributed by atoms with van der Waals surface area (Å²) in [6.45, 7) is 0.930. The minimum atomic E-state index is 0.385. The van der Waals surface area contributed by atoms with Gasteiger partial charge in [-0.05, 0) is 31.4 Å². The molecule has 2 unspecified atom stereocenters. The summed E-state index contributed by atoms with van der Waals surface area (Å²) in [5, 5.41) is 3.96. The van der Waals surface area contributed by atoms with E-state index < -0.39 is 0 Å². The summed E-state index contributed by atoms with van der Waals surface area (Å²) >= 11 is 1.91. The van der Waals surface area contributed by atoms with Crippen molar-refractivity contribution in [2.45, 2.75) is 35.6 Å². The molecular formula is C12H15NOS. The Kier molecular flexibility index (Phi) is 2.59. The van der Waals surface area contributed by atoms with Crippen LogP contribution in [0.2, 0.25) is 0 Å². The smallest absolute Gasteiger partial charge is 0.103 e. The fraction of sp³-hybridized carbons (Fsp3) is 0.500. The van der Waals surface area contributed by atoms with Gasteiger partial charge in [0, 0.05) is 17.2 Å². The lowest BCUT2D eigenvalue weighted by Crippen LogP contribution is -2.33. The first-order valence-corrected chi connectivity index (χ1v) is 6.45. The predicted octanol–water partition coefficient (Wildman–Crippen LogP) is 3.10. The van der Waals surface area contributed by atoms with E-state index in [0.29, 0.717) is 11.5 Å². The molecule has 3 rings (SSSR count). The van der Waals surface area contributed by atoms with E-state index in [9.17, 15) is 0 Å². The Bertz CT molecular complexity index is 324. The number of anilines is 1. The van der Waals surface area contributed by atoms with Gasteiger partial charge in [0.1, 0.15) is 5.37 Å². The number of fused-ring (bicyclic) bond motifs is 1. The molecule has 1 N–H and O–H groups in total. The molecule has 0 aliphatic carbocycles. The maximum atomic E-state index is 5.81. The normalized spacial score (nSPS) is 29.6. The van der Waals surface area contributed by atoms with Crippen LogP contribution in [0.25, 0.3) is 0 Å². The van der Waals surface area contributed by atoms with Crippen LogP contribution in [0.4, 0.5) is 5.69 Å². The number of thioether (sulfide) groups is 1. The highest BCUT2D eigenvalue weighted by Gasteiger charge is 2.30. The van der Waals surface area contributed by atoms with Gasteiger partial charge >= 0.3 is 0 Å². The van der Waals surface area contributed by atoms with Crippen molar-refractivity contribution in [2.24, 2.45) is 0 Å². The zero-order valence-corrected chi connectivity index (χ0v) is 9.43. The number of ether oxygens (including phenoxy) is 1. The van der Waals surface area contributed by atoms with Crippen molar-refractivity contribution in [1.82, 2.24) is 0 Å². The molecule has 1 aromatic carbocycles. The quantitative estimate of drug-likeness (QED) is 0.787. The zero-order valence-electron chi connectivity index (χ0n) is 8.61. The van der Waals surface area contributed by atoms with Crippen molar-refractivity contribution in [3.63, 3.8) is 0 Å². The highest BCUT2D eigenvalue weighted by atomic mass is 32.2. The Morgan fingerprint density at radius 2 is 2.20 bits per heavy atom. The molecule has 2 aliphatic rings. The Morgan fingerprint density at radius 3 is 3.00 bits per heavy atom. The summed E-state index contributed by atoms with van der Waals surface area (Å²) in [6, 6.07) is 8.50. The van der Waals surface area contributed by atoms with Gasteiger partial charge in [-0.3, -0.25) is 0 Å². The molecule has 0 radical (unpaired) electrons. The third-order valence-corrected chi connectivity index (χ3v) is 4.28. The van der Waals surface area contributed by atoms with E-state index >= 15 is 0 Å². The monoisotopic (exact) mass is 221 g/mol. The lowest BCUT2D eigenvalue weighted by Gasteiger charge is -2.27. The average molecular weight is 221 g/mol. The van der Waals surface area contributed by atoms with E-state index in [-0.39, 0.29) is 0 Å². The first-order chi connectivity index (χ1) is 7.43. The number of hydrogen-bond donors (Lipinski definition) is 1. The van der Waals surface area contributed by atoms with Gasteiger partial charge < -0.3 is 10.1 Å². The van der Waals surface area contributed by atoms with Crippen molar-refractivity contribution in [1.29, 1.82) is 0 Å². The van der Waals surface area contributed by atoms with Crippen molar-refractivity contribution in [3.05, 3.63) is 24.3 Å². The molecule has 80 valence electrons. The number of rotatable bonds is 1. The van der Waals surface area contributed by atoms with Crippen LogP contribution in [0.15, 0.2) is 29.2 Å². The molecule has 0 amide bonds. The minimum Gasteiger partial charge on any atom is -0.375 e. The van der Waals surface area contributed by atoms with Crippen molar-refractivity contribution in [3.8, 4) is 0 Å². The van der Waals surface area contributed by atoms with Crippen LogP contribution in [-0.2, 0) is 4.74 Å². The molecule has 2 atom stereocenters. The molecule has 15 heavy (non-hydrogen) atoms. The SMILES string of the molecule is c1ccc2c(c1)NC(C1CCCCO1)S2. The number of nitrogens with one attached hydrogen (secondary N) is 1. The standard InChI is InChI=1S/C12H15NOS/c1-2-7-11-9(5-1)13-12(15-11)10-6-3-4-8-14-10/h1-2,5,7,10,12-13H,3-4,6,8H2. The highest BCUT2D eigenvalue weighted by molar-refractivity contribution is 8.00. The van der Waals surface area contributed by atoms with Gasteiger partial charge in [-0.15, -0.1) is 0 Å². The molecule has 3 heteroatoms. The van der Waals surface area contributed by atoms with Crippen molar-refractivity contribution in [2.75, 3.05) is 11.9 Å². The number of para-hydroxylation sites is 1. The maximum Gasteiger partial charge on any atom is 0.103 e. The Balaban J connectivity index is 1.72. The van der Waals surface area contributed by atoms with Gasteiger partial charge in [-0.25, -0.2) is 0 Å². The largest absolute Gasteiger partial charge is 0.375 e. The van der Waals surface area contributed by atoms with Gasteiger partial charge in [0.25, 0.3) is 0 Å². The van der Waals surface area contributed by atoms with Gasteiger partial charge in [0.2, 0.25) is 0 Å². The number of benzene rings is 1. The van der Waals surface area contributed by atoms with Crippen molar-refractivity contribution >= 4 is 17.4 Å². The van der Waals surface area contributed by atoms with E-state index in [1.165, 1.54) is 29.8 Å². The topological polar surface area (TPSA) is 21.3 Å². The van der Waals surface area contributed by atoms with Crippen LogP contribution in [-0.4, -0.2) is 18.1 Å². The van der Waals surface area contributed by atoms with E-state index in [2.05, 4.69) is 29.6 Å². The van der Waals surface area contributed by atoms with Crippen LogP contribution in [0.3, 0.4) is 0 Å². The van der Waals surface area contributed by atoms with E-state index in [1.807, 2.05) is 11.8 Å². The first-order valence-electron chi connectivity index (χ1n) is 5.57. The fourth-order valence-corrected chi connectivity index (χ4v) is 3.42. The summed E-state index contributed by atoms with van der Waals surface area (Å²) in [7, 11) is 0. The highest BCUT2D eigenvalue weighted by Crippen LogP contribution is 2.41.